The highest BCUT2D eigenvalue weighted by Crippen LogP contribution is 2.30. The molecule has 1 heterocycles. The summed E-state index contributed by atoms with van der Waals surface area (Å²) in [6, 6.07) is 5.56. The molecule has 0 fully saturated rings. The fraction of sp³-hybridized carbons (Fsp3) is 0.231. The third kappa shape index (κ3) is 3.68. The average Bonchev–Trinajstić information content (AvgIpc) is 2.38. The van der Waals surface area contributed by atoms with Crippen LogP contribution in [0.4, 0.5) is 5.82 Å². The molecule has 3 nitrogen and oxygen atoms in total. The molecule has 0 aliphatic heterocycles. The summed E-state index contributed by atoms with van der Waals surface area (Å²) in [6.07, 6.45) is 2.79. The number of halogens is 3. The van der Waals surface area contributed by atoms with Gasteiger partial charge < -0.3 is 5.32 Å². The highest BCUT2D eigenvalue weighted by Gasteiger charge is 2.10. The monoisotopic (exact) mass is 403 g/mol. The maximum absolute atomic E-state index is 5.94. The Kier molecular flexibility index (Phi) is 5.19. The lowest BCUT2D eigenvalue weighted by molar-refractivity contribution is 0.963. The number of anilines is 1. The van der Waals surface area contributed by atoms with Crippen molar-refractivity contribution in [3.63, 3.8) is 0 Å². The molecule has 2 rings (SSSR count). The van der Waals surface area contributed by atoms with Gasteiger partial charge in [0, 0.05) is 27.8 Å². The second-order valence-corrected chi connectivity index (χ2v) is 6.09. The first-order valence-electron chi connectivity index (χ1n) is 5.83. The smallest absolute Gasteiger partial charge is 0.162 e. The summed E-state index contributed by atoms with van der Waals surface area (Å²) in [5, 5.41) is 3.94. The van der Waals surface area contributed by atoms with Crippen LogP contribution in [0.15, 0.2) is 33.3 Å². The van der Waals surface area contributed by atoms with Crippen molar-refractivity contribution >= 4 is 49.3 Å². The number of rotatable bonds is 4. The summed E-state index contributed by atoms with van der Waals surface area (Å²) < 4.78 is 1.73. The van der Waals surface area contributed by atoms with E-state index in [4.69, 9.17) is 11.6 Å². The summed E-state index contributed by atoms with van der Waals surface area (Å²) in [5.41, 5.74) is 0.913. The van der Waals surface area contributed by atoms with Crippen LogP contribution in [0.3, 0.4) is 0 Å². The average molecular weight is 406 g/mol. The summed E-state index contributed by atoms with van der Waals surface area (Å²) in [7, 11) is 0. The molecule has 0 aliphatic rings. The molecule has 0 radical (unpaired) electrons. The summed E-state index contributed by atoms with van der Waals surface area (Å²) in [5.74, 6) is 1.46. The Bertz CT molecular complexity index is 590. The standard InChI is InChI=1S/C13H12Br2ClN3/c1-2-5-17-13-11(15)7-18-12(19-13)9-4-3-8(16)6-10(9)14/h3-4,6-7H,2,5H2,1H3,(H,17,18,19). The van der Waals surface area contributed by atoms with Crippen LogP contribution in [0, 0.1) is 0 Å². The summed E-state index contributed by atoms with van der Waals surface area (Å²) in [4.78, 5) is 8.87. The van der Waals surface area contributed by atoms with Crippen molar-refractivity contribution in [3.05, 3.63) is 38.4 Å². The lowest BCUT2D eigenvalue weighted by atomic mass is 10.2. The third-order valence-electron chi connectivity index (χ3n) is 2.46. The fourth-order valence-electron chi connectivity index (χ4n) is 1.54. The van der Waals surface area contributed by atoms with E-state index in [0.29, 0.717) is 10.8 Å². The van der Waals surface area contributed by atoms with Crippen LogP contribution in [-0.4, -0.2) is 16.5 Å². The minimum Gasteiger partial charge on any atom is -0.369 e. The van der Waals surface area contributed by atoms with Crippen LogP contribution in [0.2, 0.25) is 5.02 Å². The van der Waals surface area contributed by atoms with Gasteiger partial charge in [-0.25, -0.2) is 9.97 Å². The second-order valence-electron chi connectivity index (χ2n) is 3.94. The molecule has 19 heavy (non-hydrogen) atoms. The van der Waals surface area contributed by atoms with Gasteiger partial charge >= 0.3 is 0 Å². The van der Waals surface area contributed by atoms with E-state index in [1.165, 1.54) is 0 Å². The van der Waals surface area contributed by atoms with Crippen molar-refractivity contribution in [2.24, 2.45) is 0 Å². The van der Waals surface area contributed by atoms with Gasteiger partial charge in [0.1, 0.15) is 5.82 Å². The number of nitrogens with zero attached hydrogens (tertiary/aromatic N) is 2. The third-order valence-corrected chi connectivity index (χ3v) is 3.93. The van der Waals surface area contributed by atoms with Crippen LogP contribution in [-0.2, 0) is 0 Å². The highest BCUT2D eigenvalue weighted by molar-refractivity contribution is 9.11. The van der Waals surface area contributed by atoms with Gasteiger partial charge in [0.25, 0.3) is 0 Å². The van der Waals surface area contributed by atoms with Gasteiger partial charge in [-0.1, -0.05) is 18.5 Å². The van der Waals surface area contributed by atoms with E-state index in [1.807, 2.05) is 18.2 Å². The molecule has 6 heteroatoms. The van der Waals surface area contributed by atoms with E-state index in [2.05, 4.69) is 54.1 Å². The first-order chi connectivity index (χ1) is 9.11. The molecule has 0 atom stereocenters. The molecule has 0 amide bonds. The van der Waals surface area contributed by atoms with Crippen molar-refractivity contribution < 1.29 is 0 Å². The zero-order valence-electron chi connectivity index (χ0n) is 10.3. The Morgan fingerprint density at radius 1 is 1.26 bits per heavy atom. The van der Waals surface area contributed by atoms with Gasteiger partial charge in [-0.15, -0.1) is 0 Å². The van der Waals surface area contributed by atoms with Gasteiger partial charge in [0.05, 0.1) is 4.47 Å². The molecule has 1 aromatic heterocycles. The highest BCUT2D eigenvalue weighted by atomic mass is 79.9. The number of hydrogen-bond acceptors (Lipinski definition) is 3. The quantitative estimate of drug-likeness (QED) is 0.765. The fourth-order valence-corrected chi connectivity index (χ4v) is 2.73. The van der Waals surface area contributed by atoms with Crippen LogP contribution in [0.25, 0.3) is 11.4 Å². The Morgan fingerprint density at radius 3 is 2.74 bits per heavy atom. The Hall–Kier alpha value is -0.650. The topological polar surface area (TPSA) is 37.8 Å². The normalized spacial score (nSPS) is 10.5. The van der Waals surface area contributed by atoms with Crippen molar-refractivity contribution in [2.45, 2.75) is 13.3 Å². The lowest BCUT2D eigenvalue weighted by Crippen LogP contribution is -2.04. The van der Waals surface area contributed by atoms with Gasteiger partial charge in [0.15, 0.2) is 5.82 Å². The zero-order valence-corrected chi connectivity index (χ0v) is 14.2. The van der Waals surface area contributed by atoms with Gasteiger partial charge in [-0.3, -0.25) is 0 Å². The van der Waals surface area contributed by atoms with Crippen molar-refractivity contribution in [2.75, 3.05) is 11.9 Å². The molecule has 0 saturated heterocycles. The van der Waals surface area contributed by atoms with Crippen molar-refractivity contribution in [1.82, 2.24) is 9.97 Å². The van der Waals surface area contributed by atoms with E-state index in [0.717, 1.165) is 33.3 Å². The minimum absolute atomic E-state index is 0.658. The molecule has 100 valence electrons. The van der Waals surface area contributed by atoms with Crippen LogP contribution in [0.5, 0.6) is 0 Å². The molecule has 0 unspecified atom stereocenters. The zero-order chi connectivity index (χ0) is 13.8. The molecule has 1 N–H and O–H groups in total. The van der Waals surface area contributed by atoms with E-state index >= 15 is 0 Å². The lowest BCUT2D eigenvalue weighted by Gasteiger charge is -2.09. The SMILES string of the molecule is CCCNc1nc(-c2ccc(Cl)cc2Br)ncc1Br. The predicted molar refractivity (Wildman–Crippen MR) is 86.7 cm³/mol. The number of aromatic nitrogens is 2. The van der Waals surface area contributed by atoms with Crippen molar-refractivity contribution in [1.29, 1.82) is 0 Å². The van der Waals surface area contributed by atoms with Crippen LogP contribution in [0.1, 0.15) is 13.3 Å². The van der Waals surface area contributed by atoms with Crippen LogP contribution < -0.4 is 5.32 Å². The first-order valence-corrected chi connectivity index (χ1v) is 7.80. The second kappa shape index (κ2) is 6.68. The Balaban J connectivity index is 2.39. The number of nitrogens with one attached hydrogen (secondary N) is 1. The molecule has 2 aromatic rings. The van der Waals surface area contributed by atoms with E-state index in [9.17, 15) is 0 Å². The summed E-state index contributed by atoms with van der Waals surface area (Å²) >= 11 is 12.9. The Morgan fingerprint density at radius 2 is 2.05 bits per heavy atom. The van der Waals surface area contributed by atoms with Gasteiger partial charge in [0.2, 0.25) is 0 Å². The van der Waals surface area contributed by atoms with Crippen molar-refractivity contribution in [3.8, 4) is 11.4 Å². The number of hydrogen-bond donors (Lipinski definition) is 1. The number of benzene rings is 1. The van der Waals surface area contributed by atoms with E-state index < -0.39 is 0 Å². The van der Waals surface area contributed by atoms with Gasteiger partial charge in [-0.2, -0.15) is 0 Å². The summed E-state index contributed by atoms with van der Waals surface area (Å²) in [6.45, 7) is 2.98. The molecule has 0 aliphatic carbocycles. The maximum atomic E-state index is 5.94. The molecule has 0 saturated carbocycles. The predicted octanol–water partition coefficient (Wildman–Crippen LogP) is 5.14. The molecule has 0 spiro atoms. The molecule has 0 bridgehead atoms. The molecule has 1 aromatic carbocycles. The Labute approximate surface area is 134 Å². The molecular weight excluding hydrogens is 393 g/mol. The van der Waals surface area contributed by atoms with E-state index in [1.54, 1.807) is 6.20 Å². The van der Waals surface area contributed by atoms with Gasteiger partial charge in [-0.05, 0) is 56.5 Å². The maximum Gasteiger partial charge on any atom is 0.162 e. The minimum atomic E-state index is 0.658. The van der Waals surface area contributed by atoms with E-state index in [-0.39, 0.29) is 0 Å². The first kappa shape index (κ1) is 14.8. The molecular formula is C13H12Br2ClN3. The van der Waals surface area contributed by atoms with Crippen LogP contribution >= 0.6 is 43.5 Å². The largest absolute Gasteiger partial charge is 0.369 e.